The Hall–Kier alpha value is -0.410. The number of pyridine rings is 1. The molecule has 0 radical (unpaired) electrons. The Morgan fingerprint density at radius 2 is 2.12 bits per heavy atom. The fraction of sp³-hybridized carbons (Fsp3) is 0.615. The van der Waals surface area contributed by atoms with Crippen molar-refractivity contribution in [3.05, 3.63) is 28.5 Å². The third kappa shape index (κ3) is 5.08. The van der Waals surface area contributed by atoms with E-state index in [0.717, 1.165) is 17.4 Å². The molecule has 0 bridgehead atoms. The number of nitrogens with one attached hydrogen (secondary N) is 1. The lowest BCUT2D eigenvalue weighted by molar-refractivity contribution is 0.426. The van der Waals surface area contributed by atoms with Crippen molar-refractivity contribution in [2.45, 2.75) is 39.7 Å². The van der Waals surface area contributed by atoms with E-state index in [0.29, 0.717) is 12.0 Å². The second-order valence-corrected chi connectivity index (χ2v) is 5.43. The summed E-state index contributed by atoms with van der Waals surface area (Å²) in [6.45, 7) is 7.75. The summed E-state index contributed by atoms with van der Waals surface area (Å²) in [6.07, 6.45) is 6.09. The molecule has 1 rings (SSSR count). The van der Waals surface area contributed by atoms with Crippen LogP contribution in [0.4, 0.5) is 0 Å². The van der Waals surface area contributed by atoms with E-state index in [2.05, 4.69) is 53.1 Å². The molecule has 0 aliphatic carbocycles. The van der Waals surface area contributed by atoms with Crippen LogP contribution in [-0.2, 0) is 6.42 Å². The molecule has 16 heavy (non-hydrogen) atoms. The van der Waals surface area contributed by atoms with Crippen molar-refractivity contribution in [3.8, 4) is 0 Å². The quantitative estimate of drug-likeness (QED) is 0.866. The zero-order valence-corrected chi connectivity index (χ0v) is 11.9. The van der Waals surface area contributed by atoms with E-state index in [1.807, 2.05) is 12.4 Å². The maximum absolute atomic E-state index is 4.19. The summed E-state index contributed by atoms with van der Waals surface area (Å²) < 4.78 is 1.07. The molecular weight excluding hydrogens is 264 g/mol. The van der Waals surface area contributed by atoms with E-state index >= 15 is 0 Å². The smallest absolute Gasteiger partial charge is 0.0410 e. The van der Waals surface area contributed by atoms with E-state index in [4.69, 9.17) is 0 Å². The van der Waals surface area contributed by atoms with Crippen molar-refractivity contribution in [1.29, 1.82) is 0 Å². The Balaban J connectivity index is 2.42. The van der Waals surface area contributed by atoms with E-state index < -0.39 is 0 Å². The summed E-state index contributed by atoms with van der Waals surface area (Å²) in [5, 5.41) is 3.45. The van der Waals surface area contributed by atoms with Crippen molar-refractivity contribution in [2.24, 2.45) is 5.92 Å². The van der Waals surface area contributed by atoms with Crippen LogP contribution in [0, 0.1) is 5.92 Å². The van der Waals surface area contributed by atoms with Crippen LogP contribution in [0.15, 0.2) is 22.9 Å². The average molecular weight is 285 g/mol. The molecule has 2 unspecified atom stereocenters. The zero-order valence-electron chi connectivity index (χ0n) is 10.3. The van der Waals surface area contributed by atoms with Gasteiger partial charge in [-0.1, -0.05) is 13.8 Å². The summed E-state index contributed by atoms with van der Waals surface area (Å²) in [5.74, 6) is 0.685. The minimum atomic E-state index is 0.597. The van der Waals surface area contributed by atoms with E-state index in [9.17, 15) is 0 Å². The number of nitrogens with zero attached hydrogens (tertiary/aromatic N) is 1. The molecule has 2 nitrogen and oxygen atoms in total. The molecule has 0 saturated heterocycles. The summed E-state index contributed by atoms with van der Waals surface area (Å²) in [4.78, 5) is 4.19. The first-order valence-corrected chi connectivity index (χ1v) is 6.74. The number of hydrogen-bond acceptors (Lipinski definition) is 2. The van der Waals surface area contributed by atoms with Gasteiger partial charge in [0.15, 0.2) is 0 Å². The van der Waals surface area contributed by atoms with Crippen LogP contribution in [0.2, 0.25) is 0 Å². The third-order valence-electron chi connectivity index (χ3n) is 2.65. The normalized spacial score (nSPS) is 14.8. The standard InChI is InChI=1S/C13H21BrN2/c1-4-16-11(3)5-10(2)6-12-7-13(14)9-15-8-12/h7-11,16H,4-6H2,1-3H3. The minimum Gasteiger partial charge on any atom is -0.315 e. The lowest BCUT2D eigenvalue weighted by Gasteiger charge is -2.17. The SMILES string of the molecule is CCNC(C)CC(C)Cc1cncc(Br)c1. The predicted molar refractivity (Wildman–Crippen MR) is 72.6 cm³/mol. The second kappa shape index (κ2) is 7.02. The second-order valence-electron chi connectivity index (χ2n) is 4.52. The topological polar surface area (TPSA) is 24.9 Å². The number of aromatic nitrogens is 1. The van der Waals surface area contributed by atoms with Crippen molar-refractivity contribution >= 4 is 15.9 Å². The molecule has 3 heteroatoms. The molecule has 0 fully saturated rings. The molecule has 90 valence electrons. The van der Waals surface area contributed by atoms with Crippen LogP contribution < -0.4 is 5.32 Å². The highest BCUT2D eigenvalue weighted by Gasteiger charge is 2.08. The Labute approximate surface area is 107 Å². The zero-order chi connectivity index (χ0) is 12.0. The maximum Gasteiger partial charge on any atom is 0.0410 e. The highest BCUT2D eigenvalue weighted by Crippen LogP contribution is 2.16. The van der Waals surface area contributed by atoms with Crippen LogP contribution in [0.25, 0.3) is 0 Å². The number of hydrogen-bond donors (Lipinski definition) is 1. The van der Waals surface area contributed by atoms with Gasteiger partial charge in [-0.25, -0.2) is 0 Å². The van der Waals surface area contributed by atoms with E-state index in [1.54, 1.807) is 0 Å². The van der Waals surface area contributed by atoms with Gasteiger partial charge in [-0.2, -0.15) is 0 Å². The van der Waals surface area contributed by atoms with Crippen LogP contribution in [-0.4, -0.2) is 17.6 Å². The largest absolute Gasteiger partial charge is 0.315 e. The summed E-state index contributed by atoms with van der Waals surface area (Å²) in [6, 6.07) is 2.75. The summed E-state index contributed by atoms with van der Waals surface area (Å²) >= 11 is 3.45. The molecule has 0 saturated carbocycles. The van der Waals surface area contributed by atoms with Gasteiger partial charge in [-0.3, -0.25) is 4.98 Å². The number of halogens is 1. The van der Waals surface area contributed by atoms with Gasteiger partial charge < -0.3 is 5.32 Å². The van der Waals surface area contributed by atoms with Gasteiger partial charge >= 0.3 is 0 Å². The predicted octanol–water partition coefficient (Wildman–Crippen LogP) is 3.41. The van der Waals surface area contributed by atoms with Gasteiger partial charge in [0, 0.05) is 22.9 Å². The molecule has 0 spiro atoms. The average Bonchev–Trinajstić information content (AvgIpc) is 2.17. The Kier molecular flexibility index (Phi) is 5.99. The van der Waals surface area contributed by atoms with Gasteiger partial charge in [0.2, 0.25) is 0 Å². The van der Waals surface area contributed by atoms with Crippen molar-refractivity contribution in [3.63, 3.8) is 0 Å². The first kappa shape index (κ1) is 13.7. The highest BCUT2D eigenvalue weighted by atomic mass is 79.9. The molecule has 0 aromatic carbocycles. The molecular formula is C13H21BrN2. The Bertz CT molecular complexity index is 315. The molecule has 0 aliphatic rings. The Morgan fingerprint density at radius 1 is 1.38 bits per heavy atom. The molecule has 1 N–H and O–H groups in total. The fourth-order valence-corrected chi connectivity index (χ4v) is 2.50. The highest BCUT2D eigenvalue weighted by molar-refractivity contribution is 9.10. The van der Waals surface area contributed by atoms with Crippen molar-refractivity contribution < 1.29 is 0 Å². The minimum absolute atomic E-state index is 0.597. The molecule has 0 amide bonds. The van der Waals surface area contributed by atoms with Gasteiger partial charge in [0.05, 0.1) is 0 Å². The molecule has 1 heterocycles. The van der Waals surface area contributed by atoms with Crippen molar-refractivity contribution in [1.82, 2.24) is 10.3 Å². The van der Waals surface area contributed by atoms with Crippen LogP contribution >= 0.6 is 15.9 Å². The van der Waals surface area contributed by atoms with Crippen LogP contribution in [0.5, 0.6) is 0 Å². The third-order valence-corrected chi connectivity index (χ3v) is 3.09. The lowest BCUT2D eigenvalue weighted by atomic mass is 9.96. The summed E-state index contributed by atoms with van der Waals surface area (Å²) in [5.41, 5.74) is 1.31. The van der Waals surface area contributed by atoms with Gasteiger partial charge in [-0.05, 0) is 59.8 Å². The fourth-order valence-electron chi connectivity index (χ4n) is 2.09. The van der Waals surface area contributed by atoms with Gasteiger partial charge in [0.25, 0.3) is 0 Å². The summed E-state index contributed by atoms with van der Waals surface area (Å²) in [7, 11) is 0. The maximum atomic E-state index is 4.19. The molecule has 1 aromatic rings. The van der Waals surface area contributed by atoms with Gasteiger partial charge in [0.1, 0.15) is 0 Å². The monoisotopic (exact) mass is 284 g/mol. The molecule has 1 aromatic heterocycles. The van der Waals surface area contributed by atoms with Crippen molar-refractivity contribution in [2.75, 3.05) is 6.54 Å². The van der Waals surface area contributed by atoms with E-state index in [1.165, 1.54) is 12.0 Å². The molecule has 0 aliphatic heterocycles. The van der Waals surface area contributed by atoms with Crippen LogP contribution in [0.3, 0.4) is 0 Å². The lowest BCUT2D eigenvalue weighted by Crippen LogP contribution is -2.27. The first-order valence-electron chi connectivity index (χ1n) is 5.94. The van der Waals surface area contributed by atoms with Gasteiger partial charge in [-0.15, -0.1) is 0 Å². The van der Waals surface area contributed by atoms with Crippen LogP contribution in [0.1, 0.15) is 32.8 Å². The Morgan fingerprint density at radius 3 is 2.75 bits per heavy atom. The van der Waals surface area contributed by atoms with E-state index in [-0.39, 0.29) is 0 Å². The number of rotatable bonds is 6. The first-order chi connectivity index (χ1) is 7.61. The molecule has 2 atom stereocenters.